The van der Waals surface area contributed by atoms with Gasteiger partial charge in [-0.2, -0.15) is 10.4 Å². The van der Waals surface area contributed by atoms with Gasteiger partial charge in [-0.15, -0.1) is 0 Å². The lowest BCUT2D eigenvalue weighted by atomic mass is 9.90. The first-order valence-corrected chi connectivity index (χ1v) is 10.8. The highest BCUT2D eigenvalue weighted by Crippen LogP contribution is 2.35. The highest BCUT2D eigenvalue weighted by Gasteiger charge is 2.28. The maximum Gasteiger partial charge on any atom is 0.157 e. The Hall–Kier alpha value is -1.98. The van der Waals surface area contributed by atoms with E-state index in [1.165, 1.54) is 12.1 Å². The minimum atomic E-state index is -1.59. The predicted molar refractivity (Wildman–Crippen MR) is 114 cm³/mol. The Morgan fingerprint density at radius 2 is 2.21 bits per heavy atom. The van der Waals surface area contributed by atoms with Crippen LogP contribution in [0.5, 0.6) is 0 Å². The van der Waals surface area contributed by atoms with Crippen LogP contribution < -0.4 is 5.14 Å². The van der Waals surface area contributed by atoms with E-state index in [-0.39, 0.29) is 5.92 Å². The van der Waals surface area contributed by atoms with Crippen LogP contribution in [0.1, 0.15) is 61.9 Å². The molecule has 7 heteroatoms. The summed E-state index contributed by atoms with van der Waals surface area (Å²) in [6, 6.07) is 5.01. The van der Waals surface area contributed by atoms with Crippen molar-refractivity contribution in [2.45, 2.75) is 51.2 Å². The predicted octanol–water partition coefficient (Wildman–Crippen LogP) is 4.25. The molecule has 2 aromatic rings. The summed E-state index contributed by atoms with van der Waals surface area (Å²) in [7, 11) is 0. The number of hydrogen-bond donors (Lipinski definition) is 1. The van der Waals surface area contributed by atoms with Crippen LogP contribution in [0.25, 0.3) is 16.5 Å². The lowest BCUT2D eigenvalue weighted by Gasteiger charge is -2.25. The molecule has 0 aliphatic carbocycles. The Labute approximate surface area is 174 Å². The van der Waals surface area contributed by atoms with Gasteiger partial charge in [-0.1, -0.05) is 0 Å². The largest absolute Gasteiger partial charge is 0.598 e. The highest BCUT2D eigenvalue weighted by molar-refractivity contribution is 7.90. The van der Waals surface area contributed by atoms with E-state index in [0.717, 1.165) is 30.7 Å². The van der Waals surface area contributed by atoms with Crippen LogP contribution in [0.3, 0.4) is 0 Å². The average molecular weight is 416 g/mol. The molecule has 1 fully saturated rings. The third-order valence-electron chi connectivity index (χ3n) is 5.50. The Bertz CT molecular complexity index is 1010. The van der Waals surface area contributed by atoms with E-state index in [9.17, 15) is 14.2 Å². The minimum Gasteiger partial charge on any atom is -0.598 e. The quantitative estimate of drug-likeness (QED) is 0.753. The second-order valence-electron chi connectivity index (χ2n) is 8.10. The summed E-state index contributed by atoms with van der Waals surface area (Å²) in [6.07, 6.45) is 3.65. The van der Waals surface area contributed by atoms with Crippen molar-refractivity contribution < 1.29 is 13.7 Å². The summed E-state index contributed by atoms with van der Waals surface area (Å²) < 4.78 is 31.2. The SMILES string of the molecule is CC(=CC(C)(C)[S+](N)[O-])c1cc(F)cc2c(C#N)c(C)c(C3CCCOC3)nc12. The fourth-order valence-electron chi connectivity index (χ4n) is 3.90. The molecule has 154 valence electrons. The standard InChI is InChI=1S/C22H26FN3O2S/c1-13(10-22(3,4)29(25)27)17-8-16(23)9-18-19(11-24)14(2)20(26-21(17)18)15-6-5-7-28-12-15/h8-10,15H,5-7,12,25H2,1-4H3. The number of nitrogens with zero attached hydrogens (tertiary/aromatic N) is 2. The fraction of sp³-hybridized carbons (Fsp3) is 0.455. The second-order valence-corrected chi connectivity index (χ2v) is 9.75. The molecule has 5 nitrogen and oxygen atoms in total. The Morgan fingerprint density at radius 3 is 2.79 bits per heavy atom. The van der Waals surface area contributed by atoms with Gasteiger partial charge in [-0.3, -0.25) is 4.98 Å². The molecule has 0 bridgehead atoms. The molecule has 2 heterocycles. The molecule has 0 radical (unpaired) electrons. The number of ether oxygens (including phenoxy) is 1. The van der Waals surface area contributed by atoms with Gasteiger partial charge in [0.15, 0.2) is 4.75 Å². The van der Waals surface area contributed by atoms with E-state index in [2.05, 4.69) is 6.07 Å². The number of pyridine rings is 1. The van der Waals surface area contributed by atoms with E-state index >= 15 is 0 Å². The summed E-state index contributed by atoms with van der Waals surface area (Å²) in [5, 5.41) is 15.9. The van der Waals surface area contributed by atoms with Gasteiger partial charge in [-0.05, 0) is 69.9 Å². The molecule has 29 heavy (non-hydrogen) atoms. The first-order valence-electron chi connectivity index (χ1n) is 9.63. The van der Waals surface area contributed by atoms with Crippen molar-refractivity contribution in [1.82, 2.24) is 4.98 Å². The maximum absolute atomic E-state index is 14.5. The molecule has 1 aromatic heterocycles. The summed E-state index contributed by atoms with van der Waals surface area (Å²) in [4.78, 5) is 4.90. The van der Waals surface area contributed by atoms with Gasteiger partial charge < -0.3 is 9.29 Å². The molecular weight excluding hydrogens is 389 g/mol. The first-order chi connectivity index (χ1) is 13.7. The van der Waals surface area contributed by atoms with Gasteiger partial charge in [-0.25, -0.2) is 4.39 Å². The maximum atomic E-state index is 14.5. The second kappa shape index (κ2) is 8.41. The summed E-state index contributed by atoms with van der Waals surface area (Å²) >= 11 is -1.59. The monoisotopic (exact) mass is 415 g/mol. The average Bonchev–Trinajstić information content (AvgIpc) is 2.67. The number of rotatable bonds is 4. The number of benzene rings is 1. The molecule has 0 saturated carbocycles. The van der Waals surface area contributed by atoms with Crippen LogP contribution in [0, 0.1) is 24.1 Å². The van der Waals surface area contributed by atoms with E-state index in [1.54, 1.807) is 19.9 Å². The van der Waals surface area contributed by atoms with Gasteiger partial charge in [0.05, 0.1) is 23.4 Å². The fourth-order valence-corrected chi connectivity index (χ4v) is 4.19. The van der Waals surface area contributed by atoms with Crippen LogP contribution in [0.15, 0.2) is 18.2 Å². The smallest absolute Gasteiger partial charge is 0.157 e. The lowest BCUT2D eigenvalue weighted by Crippen LogP contribution is -2.36. The number of allylic oxidation sites excluding steroid dienone is 1. The first kappa shape index (κ1) is 21.7. The number of halogens is 1. The molecule has 1 aromatic carbocycles. The van der Waals surface area contributed by atoms with Gasteiger partial charge in [0.25, 0.3) is 0 Å². The van der Waals surface area contributed by atoms with E-state index < -0.39 is 21.9 Å². The summed E-state index contributed by atoms with van der Waals surface area (Å²) in [6.45, 7) is 8.50. The number of hydrogen-bond acceptors (Lipinski definition) is 5. The molecule has 3 rings (SSSR count). The number of aromatic nitrogens is 1. The van der Waals surface area contributed by atoms with Crippen LogP contribution in [0.4, 0.5) is 4.39 Å². The highest BCUT2D eigenvalue weighted by atomic mass is 32.2. The lowest BCUT2D eigenvalue weighted by molar-refractivity contribution is 0.0792. The van der Waals surface area contributed by atoms with Crippen molar-refractivity contribution in [1.29, 1.82) is 5.26 Å². The zero-order chi connectivity index (χ0) is 21.3. The van der Waals surface area contributed by atoms with Gasteiger partial charge >= 0.3 is 0 Å². The Balaban J connectivity index is 2.28. The summed E-state index contributed by atoms with van der Waals surface area (Å²) in [5.74, 6) is -0.339. The zero-order valence-corrected chi connectivity index (χ0v) is 18.0. The molecule has 1 aliphatic heterocycles. The molecule has 2 N–H and O–H groups in total. The third-order valence-corrected chi connectivity index (χ3v) is 6.66. The molecule has 0 spiro atoms. The van der Waals surface area contributed by atoms with Crippen molar-refractivity contribution >= 4 is 27.8 Å². The van der Waals surface area contributed by atoms with Crippen molar-refractivity contribution in [3.05, 3.63) is 46.4 Å². The van der Waals surface area contributed by atoms with Crippen LogP contribution in [-0.4, -0.2) is 27.5 Å². The molecule has 2 atom stereocenters. The van der Waals surface area contributed by atoms with Crippen LogP contribution in [-0.2, 0) is 16.1 Å². The van der Waals surface area contributed by atoms with Crippen LogP contribution in [0.2, 0.25) is 0 Å². The zero-order valence-electron chi connectivity index (χ0n) is 17.2. The van der Waals surface area contributed by atoms with Crippen molar-refractivity contribution in [2.24, 2.45) is 5.14 Å². The number of fused-ring (bicyclic) bond motifs is 1. The molecular formula is C22H26FN3O2S. The van der Waals surface area contributed by atoms with E-state index in [1.807, 2.05) is 13.8 Å². The molecule has 0 amide bonds. The topological polar surface area (TPSA) is 95.0 Å². The number of nitrogens with two attached hydrogens (primary N) is 1. The molecule has 1 saturated heterocycles. The van der Waals surface area contributed by atoms with Gasteiger partial charge in [0.2, 0.25) is 0 Å². The van der Waals surface area contributed by atoms with Crippen molar-refractivity contribution in [3.63, 3.8) is 0 Å². The van der Waals surface area contributed by atoms with E-state index in [0.29, 0.717) is 34.2 Å². The minimum absolute atomic E-state index is 0.107. The van der Waals surface area contributed by atoms with Crippen LogP contribution >= 0.6 is 0 Å². The van der Waals surface area contributed by atoms with E-state index in [4.69, 9.17) is 14.9 Å². The van der Waals surface area contributed by atoms with Gasteiger partial charge in [0, 0.05) is 34.8 Å². The summed E-state index contributed by atoms with van der Waals surface area (Å²) in [5.41, 5.74) is 3.90. The van der Waals surface area contributed by atoms with Crippen molar-refractivity contribution in [3.8, 4) is 6.07 Å². The third kappa shape index (κ3) is 4.31. The molecule has 2 unspecified atom stereocenters. The Kier molecular flexibility index (Phi) is 6.30. The molecule has 1 aliphatic rings. The van der Waals surface area contributed by atoms with Crippen molar-refractivity contribution in [2.75, 3.05) is 13.2 Å². The number of nitriles is 1. The Morgan fingerprint density at radius 1 is 1.48 bits per heavy atom. The normalized spacial score (nSPS) is 19.2. The van der Waals surface area contributed by atoms with Gasteiger partial charge in [0.1, 0.15) is 11.9 Å².